The van der Waals surface area contributed by atoms with Crippen LogP contribution in [0.25, 0.3) is 0 Å². The molecule has 18 heavy (non-hydrogen) atoms. The van der Waals surface area contributed by atoms with E-state index in [0.717, 1.165) is 17.9 Å². The lowest BCUT2D eigenvalue weighted by molar-refractivity contribution is 0.104. The minimum Gasteiger partial charge on any atom is -0.442 e. The summed E-state index contributed by atoms with van der Waals surface area (Å²) in [5.74, 6) is 0.812. The highest BCUT2D eigenvalue weighted by molar-refractivity contribution is 5.67. The third-order valence-electron chi connectivity index (χ3n) is 3.30. The second-order valence-corrected chi connectivity index (χ2v) is 5.18. The minimum absolute atomic E-state index is 0.202. The van der Waals surface area contributed by atoms with E-state index in [1.807, 2.05) is 44.2 Å². The fourth-order valence-electron chi connectivity index (χ4n) is 2.10. The first kappa shape index (κ1) is 12.9. The molecule has 0 spiro atoms. The van der Waals surface area contributed by atoms with E-state index in [0.29, 0.717) is 0 Å². The maximum absolute atomic E-state index is 11.7. The van der Waals surface area contributed by atoms with E-state index < -0.39 is 0 Å². The van der Waals surface area contributed by atoms with Crippen molar-refractivity contribution >= 4 is 6.09 Å². The van der Waals surface area contributed by atoms with E-state index in [1.54, 1.807) is 0 Å². The molecular weight excluding hydrogens is 226 g/mol. The van der Waals surface area contributed by atoms with Crippen molar-refractivity contribution in [3.63, 3.8) is 0 Å². The van der Waals surface area contributed by atoms with Crippen molar-refractivity contribution in [3.8, 4) is 0 Å². The third kappa shape index (κ3) is 4.06. The number of alkyl carbamates (subject to hydrolysis) is 1. The molecule has 0 saturated heterocycles. The maximum Gasteiger partial charge on any atom is 0.407 e. The molecule has 2 atom stereocenters. The molecular formula is C15H21NO2. The number of hydrogen-bond donors (Lipinski definition) is 1. The molecule has 1 aromatic rings. The summed E-state index contributed by atoms with van der Waals surface area (Å²) in [6.07, 6.45) is 3.15. The molecule has 1 N–H and O–H groups in total. The molecule has 2 rings (SSSR count). The SMILES string of the molecule is CC(CC1CC1)NC(=O)OC(C)c1ccccc1. The second kappa shape index (κ2) is 5.89. The van der Waals surface area contributed by atoms with E-state index in [1.165, 1.54) is 12.8 Å². The number of rotatable bonds is 5. The minimum atomic E-state index is -0.320. The van der Waals surface area contributed by atoms with E-state index >= 15 is 0 Å². The van der Waals surface area contributed by atoms with Crippen LogP contribution in [0, 0.1) is 5.92 Å². The smallest absolute Gasteiger partial charge is 0.407 e. The van der Waals surface area contributed by atoms with Crippen LogP contribution in [0.2, 0.25) is 0 Å². The number of amides is 1. The van der Waals surface area contributed by atoms with Gasteiger partial charge in [-0.15, -0.1) is 0 Å². The highest BCUT2D eigenvalue weighted by Gasteiger charge is 2.24. The first-order chi connectivity index (χ1) is 8.65. The summed E-state index contributed by atoms with van der Waals surface area (Å²) in [5.41, 5.74) is 1.02. The predicted molar refractivity (Wildman–Crippen MR) is 71.3 cm³/mol. The van der Waals surface area contributed by atoms with Gasteiger partial charge in [-0.05, 0) is 31.7 Å². The van der Waals surface area contributed by atoms with E-state index in [-0.39, 0.29) is 18.2 Å². The van der Waals surface area contributed by atoms with Gasteiger partial charge in [0.25, 0.3) is 0 Å². The summed E-state index contributed by atoms with van der Waals surface area (Å²) >= 11 is 0. The zero-order valence-corrected chi connectivity index (χ0v) is 11.1. The number of carbonyl (C=O) groups excluding carboxylic acids is 1. The van der Waals surface area contributed by atoms with Gasteiger partial charge in [0, 0.05) is 6.04 Å². The summed E-state index contributed by atoms with van der Waals surface area (Å²) in [7, 11) is 0. The van der Waals surface area contributed by atoms with Crippen molar-refractivity contribution in [3.05, 3.63) is 35.9 Å². The zero-order valence-electron chi connectivity index (χ0n) is 11.1. The van der Waals surface area contributed by atoms with Gasteiger partial charge in [-0.3, -0.25) is 0 Å². The van der Waals surface area contributed by atoms with Crippen molar-refractivity contribution in [2.75, 3.05) is 0 Å². The molecule has 0 aromatic heterocycles. The molecule has 1 aromatic carbocycles. The third-order valence-corrected chi connectivity index (χ3v) is 3.30. The van der Waals surface area contributed by atoms with E-state index in [2.05, 4.69) is 5.32 Å². The van der Waals surface area contributed by atoms with Crippen molar-refractivity contribution in [2.24, 2.45) is 5.92 Å². The summed E-state index contributed by atoms with van der Waals surface area (Å²) in [6.45, 7) is 3.92. The van der Waals surface area contributed by atoms with Crippen LogP contribution in [0.15, 0.2) is 30.3 Å². The molecule has 0 bridgehead atoms. The van der Waals surface area contributed by atoms with Crippen molar-refractivity contribution in [1.82, 2.24) is 5.32 Å². The van der Waals surface area contributed by atoms with Gasteiger partial charge >= 0.3 is 6.09 Å². The standard InChI is InChI=1S/C15H21NO2/c1-11(10-13-8-9-13)16-15(17)18-12(2)14-6-4-3-5-7-14/h3-7,11-13H,8-10H2,1-2H3,(H,16,17). The molecule has 1 aliphatic carbocycles. The van der Waals surface area contributed by atoms with Gasteiger partial charge in [-0.25, -0.2) is 4.79 Å². The Balaban J connectivity index is 1.76. The Bertz CT molecular complexity index is 387. The topological polar surface area (TPSA) is 38.3 Å². The Morgan fingerprint density at radius 1 is 1.33 bits per heavy atom. The molecule has 0 radical (unpaired) electrons. The average Bonchev–Trinajstić information content (AvgIpc) is 3.13. The van der Waals surface area contributed by atoms with Crippen LogP contribution in [0.1, 0.15) is 44.8 Å². The van der Waals surface area contributed by atoms with E-state index in [4.69, 9.17) is 4.74 Å². The number of carbonyl (C=O) groups is 1. The highest BCUT2D eigenvalue weighted by atomic mass is 16.6. The second-order valence-electron chi connectivity index (χ2n) is 5.18. The molecule has 98 valence electrons. The summed E-state index contributed by atoms with van der Waals surface area (Å²) in [6, 6.07) is 9.98. The highest BCUT2D eigenvalue weighted by Crippen LogP contribution is 2.33. The molecule has 1 saturated carbocycles. The van der Waals surface area contributed by atoms with Crippen LogP contribution >= 0.6 is 0 Å². The average molecular weight is 247 g/mol. The van der Waals surface area contributed by atoms with Gasteiger partial charge in [0.15, 0.2) is 0 Å². The van der Waals surface area contributed by atoms with Gasteiger partial charge in [-0.2, -0.15) is 0 Å². The summed E-state index contributed by atoms with van der Waals surface area (Å²) in [4.78, 5) is 11.7. The maximum atomic E-state index is 11.7. The first-order valence-electron chi connectivity index (χ1n) is 6.67. The molecule has 0 heterocycles. The van der Waals surface area contributed by atoms with Gasteiger partial charge < -0.3 is 10.1 Å². The Hall–Kier alpha value is -1.51. The Morgan fingerprint density at radius 3 is 2.61 bits per heavy atom. The number of hydrogen-bond acceptors (Lipinski definition) is 2. The van der Waals surface area contributed by atoms with E-state index in [9.17, 15) is 4.79 Å². The number of nitrogens with one attached hydrogen (secondary N) is 1. The Kier molecular flexibility index (Phi) is 4.24. The predicted octanol–water partition coefficient (Wildman–Crippen LogP) is 3.66. The largest absolute Gasteiger partial charge is 0.442 e. The zero-order chi connectivity index (χ0) is 13.0. The molecule has 1 amide bonds. The van der Waals surface area contributed by atoms with Crippen LogP contribution in [0.5, 0.6) is 0 Å². The van der Waals surface area contributed by atoms with Crippen LogP contribution in [0.3, 0.4) is 0 Å². The molecule has 0 aliphatic heterocycles. The lowest BCUT2D eigenvalue weighted by Crippen LogP contribution is -2.33. The Morgan fingerprint density at radius 2 is 2.00 bits per heavy atom. The fourth-order valence-corrected chi connectivity index (χ4v) is 2.10. The van der Waals surface area contributed by atoms with Crippen LogP contribution < -0.4 is 5.32 Å². The summed E-state index contributed by atoms with van der Waals surface area (Å²) in [5, 5.41) is 2.89. The van der Waals surface area contributed by atoms with Gasteiger partial charge in [0.05, 0.1) is 0 Å². The molecule has 2 unspecified atom stereocenters. The summed E-state index contributed by atoms with van der Waals surface area (Å²) < 4.78 is 5.36. The quantitative estimate of drug-likeness (QED) is 0.862. The molecule has 3 heteroatoms. The van der Waals surface area contributed by atoms with Crippen molar-refractivity contribution < 1.29 is 9.53 Å². The fraction of sp³-hybridized carbons (Fsp3) is 0.533. The first-order valence-corrected chi connectivity index (χ1v) is 6.67. The Labute approximate surface area is 109 Å². The molecule has 1 aliphatic rings. The normalized spacial score (nSPS) is 17.9. The van der Waals surface area contributed by atoms with Gasteiger partial charge in [0.1, 0.15) is 6.10 Å². The van der Waals surface area contributed by atoms with Crippen LogP contribution in [-0.2, 0) is 4.74 Å². The monoisotopic (exact) mass is 247 g/mol. The van der Waals surface area contributed by atoms with Crippen molar-refractivity contribution in [2.45, 2.75) is 45.3 Å². The number of ether oxygens (including phenoxy) is 1. The molecule has 1 fully saturated rings. The lowest BCUT2D eigenvalue weighted by Gasteiger charge is -2.17. The molecule has 3 nitrogen and oxygen atoms in total. The van der Waals surface area contributed by atoms with Crippen LogP contribution in [0.4, 0.5) is 4.79 Å². The van der Waals surface area contributed by atoms with Crippen molar-refractivity contribution in [1.29, 1.82) is 0 Å². The van der Waals surface area contributed by atoms with Gasteiger partial charge in [0.2, 0.25) is 0 Å². The number of benzene rings is 1. The van der Waals surface area contributed by atoms with Gasteiger partial charge in [-0.1, -0.05) is 43.2 Å². The lowest BCUT2D eigenvalue weighted by atomic mass is 10.1. The van der Waals surface area contributed by atoms with Crippen LogP contribution in [-0.4, -0.2) is 12.1 Å².